The Hall–Kier alpha value is -2.01. The molecular formula is C15H20N2O3. The molecule has 0 saturated heterocycles. The summed E-state index contributed by atoms with van der Waals surface area (Å²) in [6.07, 6.45) is 0. The van der Waals surface area contributed by atoms with Crippen LogP contribution in [0.4, 0.5) is 0 Å². The van der Waals surface area contributed by atoms with E-state index in [0.717, 1.165) is 29.5 Å². The van der Waals surface area contributed by atoms with Gasteiger partial charge in [-0.05, 0) is 26.0 Å². The number of hydrogen-bond donors (Lipinski definition) is 1. The Balaban J connectivity index is 1.70. The summed E-state index contributed by atoms with van der Waals surface area (Å²) in [5, 5.41) is 7.16. The molecule has 0 spiro atoms. The summed E-state index contributed by atoms with van der Waals surface area (Å²) in [7, 11) is 0. The summed E-state index contributed by atoms with van der Waals surface area (Å²) in [6, 6.07) is 9.60. The molecule has 0 fully saturated rings. The fourth-order valence-electron chi connectivity index (χ4n) is 1.80. The molecule has 0 amide bonds. The Kier molecular flexibility index (Phi) is 5.43. The van der Waals surface area contributed by atoms with Crippen LogP contribution >= 0.6 is 0 Å². The first-order chi connectivity index (χ1) is 9.79. The lowest BCUT2D eigenvalue weighted by Gasteiger charge is -2.11. The van der Waals surface area contributed by atoms with Crippen molar-refractivity contribution in [2.45, 2.75) is 20.4 Å². The molecule has 0 aliphatic rings. The first kappa shape index (κ1) is 14.4. The quantitative estimate of drug-likeness (QED) is 0.751. The van der Waals surface area contributed by atoms with Crippen molar-refractivity contribution in [3.8, 4) is 11.5 Å². The third-order valence-corrected chi connectivity index (χ3v) is 2.67. The number of rotatable bonds is 8. The zero-order chi connectivity index (χ0) is 14.2. The highest BCUT2D eigenvalue weighted by Crippen LogP contribution is 2.25. The van der Waals surface area contributed by atoms with Crippen molar-refractivity contribution in [3.63, 3.8) is 0 Å². The molecule has 20 heavy (non-hydrogen) atoms. The Labute approximate surface area is 118 Å². The number of aromatic nitrogens is 1. The van der Waals surface area contributed by atoms with E-state index in [-0.39, 0.29) is 0 Å². The standard InChI is InChI=1S/C15H20N2O3/c1-3-18-14-6-4-5-7-15(14)19-9-8-16-11-13-10-12(2)20-17-13/h4-7,10,16H,3,8-9,11H2,1-2H3. The minimum atomic E-state index is 0.570. The number of nitrogens with zero attached hydrogens (tertiary/aromatic N) is 1. The second kappa shape index (κ2) is 7.55. The van der Waals surface area contributed by atoms with Crippen LogP contribution in [0.15, 0.2) is 34.9 Å². The molecule has 1 aromatic heterocycles. The predicted octanol–water partition coefficient (Wildman–Crippen LogP) is 2.55. The zero-order valence-corrected chi connectivity index (χ0v) is 11.9. The van der Waals surface area contributed by atoms with Gasteiger partial charge >= 0.3 is 0 Å². The Morgan fingerprint density at radius 2 is 1.95 bits per heavy atom. The van der Waals surface area contributed by atoms with Gasteiger partial charge in [-0.1, -0.05) is 17.3 Å². The summed E-state index contributed by atoms with van der Waals surface area (Å²) in [6.45, 7) is 6.44. The molecule has 0 aliphatic heterocycles. The van der Waals surface area contributed by atoms with Crippen LogP contribution < -0.4 is 14.8 Å². The van der Waals surface area contributed by atoms with Crippen LogP contribution in [0.1, 0.15) is 18.4 Å². The van der Waals surface area contributed by atoms with E-state index in [1.54, 1.807) is 0 Å². The summed E-state index contributed by atoms with van der Waals surface area (Å²) < 4.78 is 16.2. The van der Waals surface area contributed by atoms with Crippen molar-refractivity contribution >= 4 is 0 Å². The molecule has 1 aromatic carbocycles. The van der Waals surface area contributed by atoms with E-state index in [2.05, 4.69) is 10.5 Å². The van der Waals surface area contributed by atoms with Gasteiger partial charge in [-0.15, -0.1) is 0 Å². The predicted molar refractivity (Wildman–Crippen MR) is 76.1 cm³/mol. The van der Waals surface area contributed by atoms with Crippen molar-refractivity contribution in [2.24, 2.45) is 0 Å². The van der Waals surface area contributed by atoms with Gasteiger partial charge in [0.25, 0.3) is 0 Å². The second-order valence-electron chi connectivity index (χ2n) is 4.33. The Morgan fingerprint density at radius 1 is 1.20 bits per heavy atom. The zero-order valence-electron chi connectivity index (χ0n) is 11.9. The van der Waals surface area contributed by atoms with E-state index < -0.39 is 0 Å². The van der Waals surface area contributed by atoms with Gasteiger partial charge in [-0.25, -0.2) is 0 Å². The number of ether oxygens (including phenoxy) is 2. The smallest absolute Gasteiger partial charge is 0.161 e. The van der Waals surface area contributed by atoms with E-state index in [4.69, 9.17) is 14.0 Å². The fraction of sp³-hybridized carbons (Fsp3) is 0.400. The monoisotopic (exact) mass is 276 g/mol. The number of para-hydroxylation sites is 2. The first-order valence-electron chi connectivity index (χ1n) is 6.77. The topological polar surface area (TPSA) is 56.5 Å². The molecule has 2 aromatic rings. The lowest BCUT2D eigenvalue weighted by Crippen LogP contribution is -2.20. The number of nitrogens with one attached hydrogen (secondary N) is 1. The number of aryl methyl sites for hydroxylation is 1. The molecule has 2 rings (SSSR count). The van der Waals surface area contributed by atoms with Gasteiger partial charge in [-0.3, -0.25) is 0 Å². The van der Waals surface area contributed by atoms with Crippen molar-refractivity contribution in [3.05, 3.63) is 41.8 Å². The second-order valence-corrected chi connectivity index (χ2v) is 4.33. The first-order valence-corrected chi connectivity index (χ1v) is 6.77. The number of hydrogen-bond acceptors (Lipinski definition) is 5. The fourth-order valence-corrected chi connectivity index (χ4v) is 1.80. The molecule has 0 bridgehead atoms. The van der Waals surface area contributed by atoms with Crippen molar-refractivity contribution in [1.29, 1.82) is 0 Å². The molecule has 0 atom stereocenters. The van der Waals surface area contributed by atoms with Crippen LogP contribution in [-0.2, 0) is 6.54 Å². The molecule has 5 heteroatoms. The van der Waals surface area contributed by atoms with Gasteiger partial charge in [0.2, 0.25) is 0 Å². The molecule has 1 N–H and O–H groups in total. The van der Waals surface area contributed by atoms with Gasteiger partial charge in [-0.2, -0.15) is 0 Å². The maximum atomic E-state index is 5.70. The molecule has 1 heterocycles. The third-order valence-electron chi connectivity index (χ3n) is 2.67. The molecule has 0 radical (unpaired) electrons. The van der Waals surface area contributed by atoms with Crippen LogP contribution in [0.3, 0.4) is 0 Å². The largest absolute Gasteiger partial charge is 0.490 e. The average molecular weight is 276 g/mol. The van der Waals surface area contributed by atoms with Crippen LogP contribution in [0.2, 0.25) is 0 Å². The van der Waals surface area contributed by atoms with Crippen LogP contribution in [0, 0.1) is 6.92 Å². The molecule has 0 saturated carbocycles. The van der Waals surface area contributed by atoms with Gasteiger partial charge < -0.3 is 19.3 Å². The van der Waals surface area contributed by atoms with E-state index in [0.29, 0.717) is 19.8 Å². The van der Waals surface area contributed by atoms with Gasteiger partial charge in [0.05, 0.1) is 12.3 Å². The third kappa shape index (κ3) is 4.28. The summed E-state index contributed by atoms with van der Waals surface area (Å²) in [5.74, 6) is 2.37. The lowest BCUT2D eigenvalue weighted by molar-refractivity contribution is 0.275. The lowest BCUT2D eigenvalue weighted by atomic mass is 10.3. The van der Waals surface area contributed by atoms with E-state index in [9.17, 15) is 0 Å². The molecule has 5 nitrogen and oxygen atoms in total. The summed E-state index contributed by atoms with van der Waals surface area (Å²) in [4.78, 5) is 0. The maximum Gasteiger partial charge on any atom is 0.161 e. The van der Waals surface area contributed by atoms with Crippen molar-refractivity contribution < 1.29 is 14.0 Å². The summed E-state index contributed by atoms with van der Waals surface area (Å²) >= 11 is 0. The minimum Gasteiger partial charge on any atom is -0.490 e. The van der Waals surface area contributed by atoms with E-state index in [1.807, 2.05) is 44.2 Å². The molecule has 108 valence electrons. The number of benzene rings is 1. The van der Waals surface area contributed by atoms with Gasteiger partial charge in [0.15, 0.2) is 11.5 Å². The Bertz CT molecular complexity index is 525. The minimum absolute atomic E-state index is 0.570. The van der Waals surface area contributed by atoms with Gasteiger partial charge in [0.1, 0.15) is 12.4 Å². The van der Waals surface area contributed by atoms with Crippen molar-refractivity contribution in [2.75, 3.05) is 19.8 Å². The normalized spacial score (nSPS) is 10.5. The highest BCUT2D eigenvalue weighted by Gasteiger charge is 2.03. The van der Waals surface area contributed by atoms with Crippen LogP contribution in [0.5, 0.6) is 11.5 Å². The molecule has 0 aliphatic carbocycles. The average Bonchev–Trinajstić information content (AvgIpc) is 2.86. The SMILES string of the molecule is CCOc1ccccc1OCCNCc1cc(C)on1. The van der Waals surface area contributed by atoms with E-state index in [1.165, 1.54) is 0 Å². The maximum absolute atomic E-state index is 5.70. The van der Waals surface area contributed by atoms with E-state index >= 15 is 0 Å². The van der Waals surface area contributed by atoms with Crippen LogP contribution in [-0.4, -0.2) is 24.9 Å². The molecular weight excluding hydrogens is 256 g/mol. The Morgan fingerprint density at radius 3 is 2.60 bits per heavy atom. The van der Waals surface area contributed by atoms with Crippen LogP contribution in [0.25, 0.3) is 0 Å². The highest BCUT2D eigenvalue weighted by molar-refractivity contribution is 5.39. The highest BCUT2D eigenvalue weighted by atomic mass is 16.5. The summed E-state index contributed by atoms with van der Waals surface area (Å²) in [5.41, 5.74) is 0.900. The van der Waals surface area contributed by atoms with Gasteiger partial charge in [0, 0.05) is 19.2 Å². The molecule has 0 unspecified atom stereocenters. The van der Waals surface area contributed by atoms with Crippen molar-refractivity contribution in [1.82, 2.24) is 10.5 Å².